The van der Waals surface area contributed by atoms with Crippen molar-refractivity contribution in [2.45, 2.75) is 19.4 Å². The summed E-state index contributed by atoms with van der Waals surface area (Å²) in [5.41, 5.74) is 9.19. The average Bonchev–Trinajstić information content (AvgIpc) is 2.57. The molecule has 0 saturated heterocycles. The van der Waals surface area contributed by atoms with Crippen molar-refractivity contribution >= 4 is 17.3 Å². The maximum Gasteiger partial charge on any atom is 0.243 e. The number of nitrogens with zero attached hydrogens (tertiary/aromatic N) is 1. The van der Waals surface area contributed by atoms with Crippen molar-refractivity contribution in [2.24, 2.45) is 5.73 Å². The van der Waals surface area contributed by atoms with E-state index in [0.717, 1.165) is 23.5 Å². The SMILES string of the molecule is CCOc1ccc(NC(=O)CN2CC(N)Cc3ccccc32)cc1. The molecule has 0 saturated carbocycles. The van der Waals surface area contributed by atoms with Crippen molar-refractivity contribution in [3.05, 3.63) is 54.1 Å². The fourth-order valence-electron chi connectivity index (χ4n) is 3.05. The first-order valence-electron chi connectivity index (χ1n) is 8.27. The van der Waals surface area contributed by atoms with Crippen LogP contribution in [0.15, 0.2) is 48.5 Å². The number of amides is 1. The van der Waals surface area contributed by atoms with Gasteiger partial charge >= 0.3 is 0 Å². The highest BCUT2D eigenvalue weighted by molar-refractivity contribution is 5.94. The van der Waals surface area contributed by atoms with Crippen LogP contribution >= 0.6 is 0 Å². The number of rotatable bonds is 5. The van der Waals surface area contributed by atoms with Crippen LogP contribution in [0.1, 0.15) is 12.5 Å². The second-order valence-electron chi connectivity index (χ2n) is 5.98. The molecule has 5 heteroatoms. The van der Waals surface area contributed by atoms with Gasteiger partial charge in [-0.15, -0.1) is 0 Å². The number of nitrogens with two attached hydrogens (primary N) is 1. The molecule has 3 N–H and O–H groups in total. The van der Waals surface area contributed by atoms with Gasteiger partial charge in [-0.2, -0.15) is 0 Å². The number of anilines is 2. The van der Waals surface area contributed by atoms with Gasteiger partial charge in [0, 0.05) is 24.0 Å². The number of para-hydroxylation sites is 1. The van der Waals surface area contributed by atoms with Gasteiger partial charge in [-0.3, -0.25) is 4.79 Å². The summed E-state index contributed by atoms with van der Waals surface area (Å²) >= 11 is 0. The Morgan fingerprint density at radius 1 is 1.25 bits per heavy atom. The van der Waals surface area contributed by atoms with Crippen LogP contribution in [0.5, 0.6) is 5.75 Å². The lowest BCUT2D eigenvalue weighted by molar-refractivity contribution is -0.115. The third kappa shape index (κ3) is 3.86. The first-order chi connectivity index (χ1) is 11.7. The van der Waals surface area contributed by atoms with Gasteiger partial charge in [0.25, 0.3) is 0 Å². The Bertz CT molecular complexity index is 700. The first-order valence-corrected chi connectivity index (χ1v) is 8.27. The highest BCUT2D eigenvalue weighted by Crippen LogP contribution is 2.26. The van der Waals surface area contributed by atoms with Crippen LogP contribution < -0.4 is 20.7 Å². The molecule has 1 atom stereocenters. The Balaban J connectivity index is 1.64. The van der Waals surface area contributed by atoms with E-state index >= 15 is 0 Å². The predicted octanol–water partition coefficient (Wildman–Crippen LogP) is 2.41. The maximum atomic E-state index is 12.4. The van der Waals surface area contributed by atoms with Crippen LogP contribution in [0.2, 0.25) is 0 Å². The molecule has 0 fully saturated rings. The molecule has 2 aromatic carbocycles. The van der Waals surface area contributed by atoms with E-state index in [-0.39, 0.29) is 18.5 Å². The number of ether oxygens (including phenoxy) is 1. The molecule has 1 heterocycles. The number of benzene rings is 2. The van der Waals surface area contributed by atoms with E-state index in [9.17, 15) is 4.79 Å². The monoisotopic (exact) mass is 325 g/mol. The quantitative estimate of drug-likeness (QED) is 0.886. The summed E-state index contributed by atoms with van der Waals surface area (Å²) in [5.74, 6) is 0.745. The minimum absolute atomic E-state index is 0.0527. The highest BCUT2D eigenvalue weighted by atomic mass is 16.5. The van der Waals surface area contributed by atoms with Crippen LogP contribution in [0.4, 0.5) is 11.4 Å². The molecule has 0 spiro atoms. The van der Waals surface area contributed by atoms with Gasteiger partial charge in [-0.05, 0) is 49.2 Å². The molecule has 3 rings (SSSR count). The third-order valence-electron chi connectivity index (χ3n) is 4.05. The number of fused-ring (bicyclic) bond motifs is 1. The lowest BCUT2D eigenvalue weighted by Gasteiger charge is -2.34. The smallest absolute Gasteiger partial charge is 0.243 e. The lowest BCUT2D eigenvalue weighted by atomic mass is 9.98. The van der Waals surface area contributed by atoms with E-state index in [2.05, 4.69) is 11.4 Å². The third-order valence-corrected chi connectivity index (χ3v) is 4.05. The molecular weight excluding hydrogens is 302 g/mol. The minimum atomic E-state index is -0.0527. The summed E-state index contributed by atoms with van der Waals surface area (Å²) in [7, 11) is 0. The summed E-state index contributed by atoms with van der Waals surface area (Å²) < 4.78 is 5.40. The highest BCUT2D eigenvalue weighted by Gasteiger charge is 2.23. The number of hydrogen-bond acceptors (Lipinski definition) is 4. The average molecular weight is 325 g/mol. The Kier molecular flexibility index (Phi) is 5.01. The van der Waals surface area contributed by atoms with Gasteiger partial charge in [-0.1, -0.05) is 18.2 Å². The topological polar surface area (TPSA) is 67.6 Å². The fraction of sp³-hybridized carbons (Fsp3) is 0.316. The largest absolute Gasteiger partial charge is 0.494 e. The Morgan fingerprint density at radius 2 is 2.00 bits per heavy atom. The van der Waals surface area contributed by atoms with E-state index in [4.69, 9.17) is 10.5 Å². The minimum Gasteiger partial charge on any atom is -0.494 e. The lowest BCUT2D eigenvalue weighted by Crippen LogP contribution is -2.46. The van der Waals surface area contributed by atoms with Crippen molar-refractivity contribution in [1.29, 1.82) is 0 Å². The van der Waals surface area contributed by atoms with Crippen molar-refractivity contribution in [2.75, 3.05) is 29.9 Å². The first kappa shape index (κ1) is 16.3. The van der Waals surface area contributed by atoms with Gasteiger partial charge in [0.1, 0.15) is 5.75 Å². The van der Waals surface area contributed by atoms with Crippen LogP contribution in [0.25, 0.3) is 0 Å². The fourth-order valence-corrected chi connectivity index (χ4v) is 3.05. The standard InChI is InChI=1S/C19H23N3O2/c1-2-24-17-9-7-16(8-10-17)21-19(23)13-22-12-15(20)11-14-5-3-4-6-18(14)22/h3-10,15H,2,11-13,20H2,1H3,(H,21,23). The molecular formula is C19H23N3O2. The van der Waals surface area contributed by atoms with Gasteiger partial charge in [0.15, 0.2) is 0 Å². The molecule has 1 aliphatic heterocycles. The molecule has 1 amide bonds. The molecule has 24 heavy (non-hydrogen) atoms. The van der Waals surface area contributed by atoms with Gasteiger partial charge < -0.3 is 20.7 Å². The predicted molar refractivity (Wildman–Crippen MR) is 96.6 cm³/mol. The van der Waals surface area contributed by atoms with Gasteiger partial charge in [0.2, 0.25) is 5.91 Å². The van der Waals surface area contributed by atoms with Crippen LogP contribution in [-0.2, 0) is 11.2 Å². The molecule has 0 bridgehead atoms. The van der Waals surface area contributed by atoms with Gasteiger partial charge in [-0.25, -0.2) is 0 Å². The summed E-state index contributed by atoms with van der Waals surface area (Å²) in [6.07, 6.45) is 0.854. The van der Waals surface area contributed by atoms with E-state index in [1.165, 1.54) is 5.56 Å². The van der Waals surface area contributed by atoms with E-state index in [1.807, 2.05) is 54.3 Å². The van der Waals surface area contributed by atoms with E-state index in [0.29, 0.717) is 13.2 Å². The molecule has 0 radical (unpaired) electrons. The van der Waals surface area contributed by atoms with Crippen molar-refractivity contribution in [3.63, 3.8) is 0 Å². The number of carbonyl (C=O) groups is 1. The summed E-state index contributed by atoms with van der Waals surface area (Å²) in [5, 5.41) is 2.93. The molecule has 0 aromatic heterocycles. The Hall–Kier alpha value is -2.53. The number of hydrogen-bond donors (Lipinski definition) is 2. The Labute approximate surface area is 142 Å². The summed E-state index contributed by atoms with van der Waals surface area (Å²) in [4.78, 5) is 14.4. The molecule has 2 aromatic rings. The van der Waals surface area contributed by atoms with E-state index < -0.39 is 0 Å². The number of carbonyl (C=O) groups excluding carboxylic acids is 1. The van der Waals surface area contributed by atoms with Crippen LogP contribution in [0, 0.1) is 0 Å². The second kappa shape index (κ2) is 7.36. The second-order valence-corrected chi connectivity index (χ2v) is 5.98. The van der Waals surface area contributed by atoms with Crippen molar-refractivity contribution in [3.8, 4) is 5.75 Å². The normalized spacial score (nSPS) is 16.4. The van der Waals surface area contributed by atoms with Crippen LogP contribution in [-0.4, -0.2) is 31.6 Å². The van der Waals surface area contributed by atoms with Crippen molar-refractivity contribution < 1.29 is 9.53 Å². The Morgan fingerprint density at radius 3 is 2.75 bits per heavy atom. The van der Waals surface area contributed by atoms with Gasteiger partial charge in [0.05, 0.1) is 13.2 Å². The summed E-state index contributed by atoms with van der Waals surface area (Å²) in [6, 6.07) is 15.6. The maximum absolute atomic E-state index is 12.4. The summed E-state index contributed by atoms with van der Waals surface area (Å²) in [6.45, 7) is 3.54. The van der Waals surface area contributed by atoms with E-state index in [1.54, 1.807) is 0 Å². The molecule has 0 aliphatic carbocycles. The zero-order chi connectivity index (χ0) is 16.9. The zero-order valence-corrected chi connectivity index (χ0v) is 13.9. The number of nitrogens with one attached hydrogen (secondary N) is 1. The molecule has 1 unspecified atom stereocenters. The molecule has 126 valence electrons. The molecule has 5 nitrogen and oxygen atoms in total. The molecule has 1 aliphatic rings. The van der Waals surface area contributed by atoms with Crippen LogP contribution in [0.3, 0.4) is 0 Å². The van der Waals surface area contributed by atoms with Crippen molar-refractivity contribution in [1.82, 2.24) is 0 Å². The zero-order valence-electron chi connectivity index (χ0n) is 13.9.